The monoisotopic (exact) mass is 354 g/mol. The van der Waals surface area contributed by atoms with E-state index in [1.165, 1.54) is 43.5 Å². The summed E-state index contributed by atoms with van der Waals surface area (Å²) >= 11 is 0. The van der Waals surface area contributed by atoms with E-state index >= 15 is 0 Å². The number of hydrogen-bond acceptors (Lipinski definition) is 4. The second-order valence-electron chi connectivity index (χ2n) is 6.60. The van der Waals surface area contributed by atoms with E-state index in [-0.39, 0.29) is 18.2 Å². The molecule has 6 heteroatoms. The molecular weight excluding hydrogens is 332 g/mol. The van der Waals surface area contributed by atoms with Crippen LogP contribution in [0.15, 0.2) is 54.6 Å². The molecule has 1 aliphatic rings. The van der Waals surface area contributed by atoms with Gasteiger partial charge in [-0.15, -0.1) is 0 Å². The Morgan fingerprint density at radius 3 is 2.38 bits per heavy atom. The number of benzene rings is 2. The molecule has 26 heavy (non-hydrogen) atoms. The lowest BCUT2D eigenvalue weighted by molar-refractivity contribution is -0.384. The van der Waals surface area contributed by atoms with E-state index in [2.05, 4.69) is 0 Å². The Morgan fingerprint density at radius 2 is 1.81 bits per heavy atom. The minimum atomic E-state index is -0.463. The molecule has 3 rings (SSSR count). The first-order valence-corrected chi connectivity index (χ1v) is 8.81. The van der Waals surface area contributed by atoms with E-state index in [0.29, 0.717) is 18.2 Å². The highest BCUT2D eigenvalue weighted by atomic mass is 16.6. The molecule has 0 radical (unpaired) electrons. The average Bonchev–Trinajstić information content (AvgIpc) is 2.62. The lowest BCUT2D eigenvalue weighted by Gasteiger charge is -2.32. The maximum Gasteiger partial charge on any atom is 0.269 e. The standard InChI is InChI=1S/C20H22N2O4/c23-20(15-26-19-11-9-18(10-12-19)22(24)25)21(14-17-7-4-8-17)13-16-5-2-1-3-6-16/h1-3,5-6,9-12,17H,4,7-8,13-15H2. The van der Waals surface area contributed by atoms with Crippen LogP contribution >= 0.6 is 0 Å². The second kappa shape index (κ2) is 8.47. The summed E-state index contributed by atoms with van der Waals surface area (Å²) in [6.45, 7) is 1.24. The Balaban J connectivity index is 1.59. The zero-order valence-electron chi connectivity index (χ0n) is 14.5. The van der Waals surface area contributed by atoms with E-state index in [0.717, 1.165) is 12.1 Å². The van der Waals surface area contributed by atoms with Gasteiger partial charge in [0.1, 0.15) is 5.75 Å². The van der Waals surface area contributed by atoms with E-state index in [9.17, 15) is 14.9 Å². The van der Waals surface area contributed by atoms with Crippen molar-refractivity contribution in [1.29, 1.82) is 0 Å². The number of rotatable bonds is 8. The van der Waals surface area contributed by atoms with Crippen LogP contribution in [0.3, 0.4) is 0 Å². The molecule has 0 saturated heterocycles. The SMILES string of the molecule is O=C(COc1ccc([N+](=O)[O-])cc1)N(Cc1ccccc1)CC1CCC1. The van der Waals surface area contributed by atoms with Crippen molar-refractivity contribution >= 4 is 11.6 Å². The van der Waals surface area contributed by atoms with Crippen LogP contribution in [-0.2, 0) is 11.3 Å². The Kier molecular flexibility index (Phi) is 5.84. The Hall–Kier alpha value is -2.89. The number of nitro groups is 1. The molecule has 0 unspecified atom stereocenters. The summed E-state index contributed by atoms with van der Waals surface area (Å²) in [5.74, 6) is 0.952. The molecule has 0 atom stereocenters. The third kappa shape index (κ3) is 4.81. The molecule has 0 spiro atoms. The highest BCUT2D eigenvalue weighted by Gasteiger charge is 2.24. The van der Waals surface area contributed by atoms with Gasteiger partial charge >= 0.3 is 0 Å². The van der Waals surface area contributed by atoms with E-state index in [1.54, 1.807) is 0 Å². The van der Waals surface area contributed by atoms with Crippen LogP contribution in [0.5, 0.6) is 5.75 Å². The molecule has 0 N–H and O–H groups in total. The molecule has 0 aromatic heterocycles. The number of amides is 1. The molecule has 2 aromatic carbocycles. The molecule has 0 aliphatic heterocycles. The van der Waals surface area contributed by atoms with Crippen LogP contribution in [0.1, 0.15) is 24.8 Å². The maximum absolute atomic E-state index is 12.7. The van der Waals surface area contributed by atoms with Gasteiger partial charge in [-0.3, -0.25) is 14.9 Å². The van der Waals surface area contributed by atoms with E-state index < -0.39 is 4.92 Å². The van der Waals surface area contributed by atoms with Gasteiger partial charge in [0.2, 0.25) is 0 Å². The lowest BCUT2D eigenvalue weighted by atomic mass is 9.85. The van der Waals surface area contributed by atoms with E-state index in [4.69, 9.17) is 4.74 Å². The predicted octanol–water partition coefficient (Wildman–Crippen LogP) is 3.80. The van der Waals surface area contributed by atoms with Crippen LogP contribution < -0.4 is 4.74 Å². The second-order valence-corrected chi connectivity index (χ2v) is 6.60. The van der Waals surface area contributed by atoms with Gasteiger partial charge in [-0.1, -0.05) is 36.8 Å². The number of hydrogen-bond donors (Lipinski definition) is 0. The number of non-ortho nitro benzene ring substituents is 1. The summed E-state index contributed by atoms with van der Waals surface area (Å²) in [6.07, 6.45) is 3.57. The van der Waals surface area contributed by atoms with Crippen molar-refractivity contribution in [2.45, 2.75) is 25.8 Å². The van der Waals surface area contributed by atoms with Crippen molar-refractivity contribution in [2.24, 2.45) is 5.92 Å². The lowest BCUT2D eigenvalue weighted by Crippen LogP contribution is -2.39. The molecule has 136 valence electrons. The highest BCUT2D eigenvalue weighted by Crippen LogP contribution is 2.27. The topological polar surface area (TPSA) is 72.7 Å². The average molecular weight is 354 g/mol. The zero-order chi connectivity index (χ0) is 18.4. The fourth-order valence-electron chi connectivity index (χ4n) is 2.95. The van der Waals surface area contributed by atoms with Crippen molar-refractivity contribution < 1.29 is 14.5 Å². The molecule has 1 amide bonds. The summed E-state index contributed by atoms with van der Waals surface area (Å²) < 4.78 is 5.54. The predicted molar refractivity (Wildman–Crippen MR) is 97.8 cm³/mol. The van der Waals surface area contributed by atoms with Crippen LogP contribution in [0.25, 0.3) is 0 Å². The van der Waals surface area contributed by atoms with Crippen LogP contribution in [-0.4, -0.2) is 28.9 Å². The van der Waals surface area contributed by atoms with Gasteiger partial charge in [0.25, 0.3) is 11.6 Å². The first-order chi connectivity index (χ1) is 12.6. The normalized spacial score (nSPS) is 13.7. The summed E-state index contributed by atoms with van der Waals surface area (Å²) in [5.41, 5.74) is 1.09. The third-order valence-corrected chi connectivity index (χ3v) is 4.68. The molecule has 1 saturated carbocycles. The van der Waals surface area contributed by atoms with Crippen LogP contribution in [0, 0.1) is 16.0 Å². The van der Waals surface area contributed by atoms with Gasteiger partial charge in [-0.25, -0.2) is 0 Å². The number of carbonyl (C=O) groups excluding carboxylic acids is 1. The van der Waals surface area contributed by atoms with Crippen molar-refractivity contribution in [3.8, 4) is 5.75 Å². The van der Waals surface area contributed by atoms with Gasteiger partial charge in [0, 0.05) is 25.2 Å². The number of nitro benzene ring substituents is 1. The van der Waals surface area contributed by atoms with Gasteiger partial charge in [0.15, 0.2) is 6.61 Å². The first kappa shape index (κ1) is 17.9. The summed E-state index contributed by atoms with van der Waals surface area (Å²) in [7, 11) is 0. The third-order valence-electron chi connectivity index (χ3n) is 4.68. The van der Waals surface area contributed by atoms with E-state index in [1.807, 2.05) is 35.2 Å². The Labute approximate surface area is 152 Å². The minimum absolute atomic E-state index is 0.000589. The van der Waals surface area contributed by atoms with Crippen molar-refractivity contribution in [1.82, 2.24) is 4.90 Å². The molecule has 1 aliphatic carbocycles. The smallest absolute Gasteiger partial charge is 0.269 e. The number of nitrogens with zero attached hydrogens (tertiary/aromatic N) is 2. The van der Waals surface area contributed by atoms with Gasteiger partial charge in [0.05, 0.1) is 4.92 Å². The Bertz CT molecular complexity index is 742. The molecule has 1 fully saturated rings. The Morgan fingerprint density at radius 1 is 1.12 bits per heavy atom. The summed E-state index contributed by atoms with van der Waals surface area (Å²) in [5, 5.41) is 10.7. The zero-order valence-corrected chi connectivity index (χ0v) is 14.5. The maximum atomic E-state index is 12.7. The quantitative estimate of drug-likeness (QED) is 0.534. The largest absolute Gasteiger partial charge is 0.484 e. The van der Waals surface area contributed by atoms with Gasteiger partial charge < -0.3 is 9.64 Å². The molecular formula is C20H22N2O4. The van der Waals surface area contributed by atoms with Crippen molar-refractivity contribution in [3.05, 3.63) is 70.3 Å². The molecule has 6 nitrogen and oxygen atoms in total. The van der Waals surface area contributed by atoms with Crippen LogP contribution in [0.2, 0.25) is 0 Å². The first-order valence-electron chi connectivity index (χ1n) is 8.81. The molecule has 0 heterocycles. The van der Waals surface area contributed by atoms with Gasteiger partial charge in [-0.05, 0) is 36.5 Å². The fourth-order valence-corrected chi connectivity index (χ4v) is 2.95. The highest BCUT2D eigenvalue weighted by molar-refractivity contribution is 5.77. The van der Waals surface area contributed by atoms with Crippen molar-refractivity contribution in [2.75, 3.05) is 13.2 Å². The summed E-state index contributed by atoms with van der Waals surface area (Å²) in [6, 6.07) is 15.7. The summed E-state index contributed by atoms with van der Waals surface area (Å²) in [4.78, 5) is 24.7. The molecule has 2 aromatic rings. The number of carbonyl (C=O) groups is 1. The molecule has 0 bridgehead atoms. The van der Waals surface area contributed by atoms with Crippen LogP contribution in [0.4, 0.5) is 5.69 Å². The van der Waals surface area contributed by atoms with Crippen molar-refractivity contribution in [3.63, 3.8) is 0 Å². The fraction of sp³-hybridized carbons (Fsp3) is 0.350. The number of ether oxygens (including phenoxy) is 1. The minimum Gasteiger partial charge on any atom is -0.484 e. The van der Waals surface area contributed by atoms with Gasteiger partial charge in [-0.2, -0.15) is 0 Å².